The number of methoxy groups -OCH3 is 3. The van der Waals surface area contributed by atoms with E-state index in [0.717, 1.165) is 11.1 Å². The third-order valence-corrected chi connectivity index (χ3v) is 5.54. The zero-order valence-electron chi connectivity index (χ0n) is 15.3. The van der Waals surface area contributed by atoms with E-state index in [1.165, 1.54) is 38.4 Å². The van der Waals surface area contributed by atoms with E-state index in [-0.39, 0.29) is 24.5 Å². The summed E-state index contributed by atoms with van der Waals surface area (Å²) in [5.41, 5.74) is 1.25. The minimum atomic E-state index is -1.03. The number of nitrogens with zero attached hydrogens (tertiary/aromatic N) is 1. The van der Waals surface area contributed by atoms with E-state index in [0.29, 0.717) is 17.1 Å². The molecule has 1 aromatic rings. The lowest BCUT2D eigenvalue weighted by Crippen LogP contribution is -2.59. The second-order valence-electron chi connectivity index (χ2n) is 6.75. The molecule has 140 valence electrons. The number of rotatable bonds is 3. The molecular weight excluding hydrogens is 350 g/mol. The van der Waals surface area contributed by atoms with Gasteiger partial charge in [0.15, 0.2) is 17.3 Å². The van der Waals surface area contributed by atoms with Crippen molar-refractivity contribution < 1.29 is 28.6 Å². The number of allylic oxidation sites excluding steroid dienone is 1. The maximum Gasteiger partial charge on any atom is 0.328 e. The third kappa shape index (κ3) is 2.24. The second kappa shape index (κ2) is 5.97. The Labute approximate surface area is 156 Å². The predicted molar refractivity (Wildman–Crippen MR) is 94.4 cm³/mol. The van der Waals surface area contributed by atoms with Gasteiger partial charge in [0, 0.05) is 18.9 Å². The Kier molecular flexibility index (Phi) is 3.83. The molecule has 0 N–H and O–H groups in total. The van der Waals surface area contributed by atoms with Gasteiger partial charge in [-0.3, -0.25) is 9.59 Å². The Morgan fingerprint density at radius 2 is 1.81 bits per heavy atom. The Morgan fingerprint density at radius 3 is 2.48 bits per heavy atom. The summed E-state index contributed by atoms with van der Waals surface area (Å²) in [6, 6.07) is 2.79. The van der Waals surface area contributed by atoms with Crippen LogP contribution in [0.15, 0.2) is 35.9 Å². The molecule has 2 atom stereocenters. The van der Waals surface area contributed by atoms with Crippen molar-refractivity contribution in [2.24, 2.45) is 0 Å². The Morgan fingerprint density at radius 1 is 1.11 bits per heavy atom. The van der Waals surface area contributed by atoms with Crippen LogP contribution in [0.1, 0.15) is 17.5 Å². The molecule has 2 heterocycles. The monoisotopic (exact) mass is 369 g/mol. The fraction of sp³-hybridized carbons (Fsp3) is 0.350. The second-order valence-corrected chi connectivity index (χ2v) is 6.75. The lowest BCUT2D eigenvalue weighted by molar-refractivity contribution is -0.156. The summed E-state index contributed by atoms with van der Waals surface area (Å²) in [5, 5.41) is 0. The van der Waals surface area contributed by atoms with Gasteiger partial charge in [-0.15, -0.1) is 0 Å². The highest BCUT2D eigenvalue weighted by molar-refractivity contribution is 6.03. The van der Waals surface area contributed by atoms with Crippen LogP contribution in [0.3, 0.4) is 0 Å². The van der Waals surface area contributed by atoms with Crippen LogP contribution in [-0.2, 0) is 31.1 Å². The lowest BCUT2D eigenvalue weighted by atomic mass is 9.70. The molecule has 7 nitrogen and oxygen atoms in total. The standard InChI is InChI=1S/C20H19NO6/c1-25-16-7-11-6-15(19(24)27-3)21-18(23)8-12-4-5-13(22)10-20(12,21)14(11)9-17(16)26-2/h4-5,7-9,15H,6,10H2,1-3H3/t15-,20-/m0/s1. The first-order chi connectivity index (χ1) is 13.0. The number of ketones is 1. The minimum Gasteiger partial charge on any atom is -0.493 e. The van der Waals surface area contributed by atoms with Crippen molar-refractivity contribution >= 4 is 17.7 Å². The molecule has 0 unspecified atom stereocenters. The van der Waals surface area contributed by atoms with Crippen molar-refractivity contribution in [2.45, 2.75) is 24.4 Å². The largest absolute Gasteiger partial charge is 0.493 e. The number of benzene rings is 1. The molecule has 0 bridgehead atoms. The molecule has 1 amide bonds. The highest BCUT2D eigenvalue weighted by Crippen LogP contribution is 2.53. The molecule has 0 aromatic heterocycles. The normalized spacial score (nSPS) is 25.4. The number of esters is 1. The smallest absolute Gasteiger partial charge is 0.328 e. The summed E-state index contributed by atoms with van der Waals surface area (Å²) in [7, 11) is 4.36. The first-order valence-electron chi connectivity index (χ1n) is 8.56. The van der Waals surface area contributed by atoms with Crippen molar-refractivity contribution in [1.29, 1.82) is 0 Å². The van der Waals surface area contributed by atoms with Gasteiger partial charge in [0.25, 0.3) is 0 Å². The Hall–Kier alpha value is -3.09. The van der Waals surface area contributed by atoms with Crippen LogP contribution in [-0.4, -0.2) is 49.9 Å². The van der Waals surface area contributed by atoms with Gasteiger partial charge in [-0.05, 0) is 34.9 Å². The van der Waals surface area contributed by atoms with Gasteiger partial charge in [0.05, 0.1) is 21.3 Å². The van der Waals surface area contributed by atoms with Crippen LogP contribution < -0.4 is 9.47 Å². The number of carbonyl (C=O) groups is 3. The minimum absolute atomic E-state index is 0.0665. The van der Waals surface area contributed by atoms with E-state index in [2.05, 4.69) is 0 Å². The highest BCUT2D eigenvalue weighted by atomic mass is 16.5. The van der Waals surface area contributed by atoms with Crippen LogP contribution in [0.2, 0.25) is 0 Å². The topological polar surface area (TPSA) is 82.1 Å². The molecule has 0 saturated carbocycles. The van der Waals surface area contributed by atoms with Crippen molar-refractivity contribution in [3.63, 3.8) is 0 Å². The molecule has 27 heavy (non-hydrogen) atoms. The van der Waals surface area contributed by atoms with E-state index < -0.39 is 17.6 Å². The Bertz CT molecular complexity index is 931. The SMILES string of the molecule is COC(=O)[C@@H]1Cc2cc(OC)c(OC)cc2[C@]23CC(=O)C=CC2=CC(=O)N13. The van der Waals surface area contributed by atoms with Crippen molar-refractivity contribution in [1.82, 2.24) is 4.90 Å². The number of ether oxygens (including phenoxy) is 3. The number of carbonyl (C=O) groups excluding carboxylic acids is 3. The Balaban J connectivity index is 2.02. The number of fused-ring (bicyclic) bond motifs is 1. The number of amides is 1. The lowest BCUT2D eigenvalue weighted by Gasteiger charge is -2.49. The van der Waals surface area contributed by atoms with Gasteiger partial charge in [0.1, 0.15) is 11.6 Å². The fourth-order valence-electron chi connectivity index (χ4n) is 4.42. The van der Waals surface area contributed by atoms with E-state index in [1.807, 2.05) is 0 Å². The van der Waals surface area contributed by atoms with Gasteiger partial charge < -0.3 is 19.1 Å². The average Bonchev–Trinajstić information content (AvgIpc) is 2.97. The summed E-state index contributed by atoms with van der Waals surface area (Å²) in [4.78, 5) is 39.2. The first-order valence-corrected chi connectivity index (χ1v) is 8.56. The molecule has 0 saturated heterocycles. The fourth-order valence-corrected chi connectivity index (χ4v) is 4.42. The van der Waals surface area contributed by atoms with Crippen molar-refractivity contribution in [3.05, 3.63) is 47.1 Å². The van der Waals surface area contributed by atoms with Gasteiger partial charge >= 0.3 is 5.97 Å². The molecule has 1 aliphatic carbocycles. The van der Waals surface area contributed by atoms with E-state index in [4.69, 9.17) is 14.2 Å². The summed E-state index contributed by atoms with van der Waals surface area (Å²) >= 11 is 0. The van der Waals surface area contributed by atoms with E-state index in [1.54, 1.807) is 18.2 Å². The average molecular weight is 369 g/mol. The van der Waals surface area contributed by atoms with Crippen LogP contribution in [0.5, 0.6) is 11.5 Å². The maximum absolute atomic E-state index is 12.8. The molecule has 0 radical (unpaired) electrons. The van der Waals surface area contributed by atoms with Gasteiger partial charge in [-0.1, -0.05) is 6.08 Å². The van der Waals surface area contributed by atoms with E-state index in [9.17, 15) is 14.4 Å². The molecule has 4 rings (SSSR count). The quantitative estimate of drug-likeness (QED) is 0.747. The van der Waals surface area contributed by atoms with Crippen molar-refractivity contribution in [2.75, 3.05) is 21.3 Å². The molecule has 7 heteroatoms. The molecule has 1 aromatic carbocycles. The van der Waals surface area contributed by atoms with Crippen LogP contribution in [0.4, 0.5) is 0 Å². The number of hydrogen-bond donors (Lipinski definition) is 0. The molecule has 3 aliphatic rings. The summed E-state index contributed by atoms with van der Waals surface area (Å²) in [6.45, 7) is 0. The third-order valence-electron chi connectivity index (χ3n) is 5.54. The van der Waals surface area contributed by atoms with Gasteiger partial charge in [0.2, 0.25) is 5.91 Å². The van der Waals surface area contributed by atoms with E-state index >= 15 is 0 Å². The van der Waals surface area contributed by atoms with Gasteiger partial charge in [-0.2, -0.15) is 0 Å². The predicted octanol–water partition coefficient (Wildman–Crippen LogP) is 1.29. The van der Waals surface area contributed by atoms with Crippen LogP contribution >= 0.6 is 0 Å². The molecular formula is C20H19NO6. The van der Waals surface area contributed by atoms with Crippen LogP contribution in [0.25, 0.3) is 0 Å². The first kappa shape index (κ1) is 17.3. The molecule has 1 spiro atoms. The zero-order valence-corrected chi connectivity index (χ0v) is 15.3. The van der Waals surface area contributed by atoms with Gasteiger partial charge in [-0.25, -0.2) is 4.79 Å². The zero-order chi connectivity index (χ0) is 19.3. The number of hydrogen-bond acceptors (Lipinski definition) is 6. The maximum atomic E-state index is 12.8. The molecule has 2 aliphatic heterocycles. The summed E-state index contributed by atoms with van der Waals surface area (Å²) < 4.78 is 15.8. The summed E-state index contributed by atoms with van der Waals surface area (Å²) in [5.74, 6) is 0.0955. The highest BCUT2D eigenvalue weighted by Gasteiger charge is 2.58. The summed E-state index contributed by atoms with van der Waals surface area (Å²) in [6.07, 6.45) is 4.95. The molecule has 0 fully saturated rings. The van der Waals surface area contributed by atoms with Crippen LogP contribution in [0, 0.1) is 0 Å². The van der Waals surface area contributed by atoms with Crippen molar-refractivity contribution in [3.8, 4) is 11.5 Å².